The summed E-state index contributed by atoms with van der Waals surface area (Å²) in [6.07, 6.45) is 1.84. The monoisotopic (exact) mass is 244 g/mol. The molecule has 2 fully saturated rings. The second-order valence-corrected chi connectivity index (χ2v) is 5.58. The fraction of sp³-hybridized carbons (Fsp3) is 0.533. The van der Waals surface area contributed by atoms with Gasteiger partial charge in [-0.25, -0.2) is 0 Å². The van der Waals surface area contributed by atoms with Gasteiger partial charge in [-0.05, 0) is 44.4 Å². The Kier molecular flexibility index (Phi) is 2.86. The normalized spacial score (nSPS) is 27.4. The Hall–Kier alpha value is -1.35. The highest BCUT2D eigenvalue weighted by atomic mass is 16.2. The number of amides is 1. The van der Waals surface area contributed by atoms with Crippen LogP contribution in [0.1, 0.15) is 24.0 Å². The number of hydrogen-bond donors (Lipinski definition) is 1. The molecule has 0 spiro atoms. The lowest BCUT2D eigenvalue weighted by Crippen LogP contribution is -2.47. The standard InChI is InChI=1S/C15H20N2O/c1-10-3-4-13(11(2)7-10)17-14-9-16-6-5-12(14)8-15(17)18/h3-4,7,12,14,16H,5-6,8-9H2,1-2H3. The van der Waals surface area contributed by atoms with Gasteiger partial charge in [0.25, 0.3) is 0 Å². The highest BCUT2D eigenvalue weighted by Crippen LogP contribution is 2.35. The van der Waals surface area contributed by atoms with Crippen LogP contribution < -0.4 is 10.2 Å². The number of piperidine rings is 1. The Labute approximate surface area is 108 Å². The SMILES string of the molecule is Cc1ccc(N2C(=O)CC3CCNCC32)c(C)c1. The van der Waals surface area contributed by atoms with E-state index in [4.69, 9.17) is 0 Å². The van der Waals surface area contributed by atoms with E-state index in [1.807, 2.05) is 4.90 Å². The third kappa shape index (κ3) is 1.83. The molecular formula is C15H20N2O. The van der Waals surface area contributed by atoms with Gasteiger partial charge in [0.05, 0.1) is 6.04 Å². The number of hydrogen-bond acceptors (Lipinski definition) is 2. The number of nitrogens with zero attached hydrogens (tertiary/aromatic N) is 1. The lowest BCUT2D eigenvalue weighted by atomic mass is 9.93. The van der Waals surface area contributed by atoms with E-state index in [1.54, 1.807) is 0 Å². The molecule has 18 heavy (non-hydrogen) atoms. The molecule has 0 saturated carbocycles. The minimum Gasteiger partial charge on any atom is -0.315 e. The Balaban J connectivity index is 1.97. The van der Waals surface area contributed by atoms with Crippen molar-refractivity contribution in [1.82, 2.24) is 5.32 Å². The minimum absolute atomic E-state index is 0.292. The van der Waals surface area contributed by atoms with Gasteiger partial charge in [0.2, 0.25) is 5.91 Å². The Morgan fingerprint density at radius 3 is 2.94 bits per heavy atom. The number of benzene rings is 1. The van der Waals surface area contributed by atoms with Crippen molar-refractivity contribution in [1.29, 1.82) is 0 Å². The molecule has 96 valence electrons. The smallest absolute Gasteiger partial charge is 0.227 e. The van der Waals surface area contributed by atoms with Gasteiger partial charge in [-0.2, -0.15) is 0 Å². The summed E-state index contributed by atoms with van der Waals surface area (Å²) in [6.45, 7) is 6.17. The fourth-order valence-corrected chi connectivity index (χ4v) is 3.33. The van der Waals surface area contributed by atoms with E-state index in [0.717, 1.165) is 31.6 Å². The van der Waals surface area contributed by atoms with Crippen molar-refractivity contribution in [2.45, 2.75) is 32.7 Å². The molecule has 3 rings (SSSR count). The minimum atomic E-state index is 0.292. The zero-order valence-electron chi connectivity index (χ0n) is 11.1. The molecule has 2 aliphatic heterocycles. The Morgan fingerprint density at radius 2 is 2.17 bits per heavy atom. The predicted octanol–water partition coefficient (Wildman–Crippen LogP) is 2.02. The van der Waals surface area contributed by atoms with E-state index in [9.17, 15) is 4.79 Å². The molecule has 1 aromatic carbocycles. The van der Waals surface area contributed by atoms with Crippen LogP contribution in [0, 0.1) is 19.8 Å². The lowest BCUT2D eigenvalue weighted by molar-refractivity contribution is -0.117. The van der Waals surface area contributed by atoms with Crippen LogP contribution in [0.3, 0.4) is 0 Å². The average Bonchev–Trinajstić information content (AvgIpc) is 2.66. The molecule has 0 bridgehead atoms. The molecule has 0 aromatic heterocycles. The summed E-state index contributed by atoms with van der Waals surface area (Å²) in [5.41, 5.74) is 3.55. The summed E-state index contributed by atoms with van der Waals surface area (Å²) in [4.78, 5) is 14.3. The molecular weight excluding hydrogens is 224 g/mol. The van der Waals surface area contributed by atoms with Crippen molar-refractivity contribution in [3.63, 3.8) is 0 Å². The summed E-state index contributed by atoms with van der Waals surface area (Å²) in [5.74, 6) is 0.833. The summed E-state index contributed by atoms with van der Waals surface area (Å²) in [5, 5.41) is 3.41. The lowest BCUT2D eigenvalue weighted by Gasteiger charge is -2.33. The van der Waals surface area contributed by atoms with E-state index in [2.05, 4.69) is 37.4 Å². The van der Waals surface area contributed by atoms with Gasteiger partial charge in [-0.15, -0.1) is 0 Å². The predicted molar refractivity (Wildman–Crippen MR) is 72.8 cm³/mol. The van der Waals surface area contributed by atoms with Gasteiger partial charge in [0.1, 0.15) is 0 Å². The third-order valence-corrected chi connectivity index (χ3v) is 4.24. The summed E-state index contributed by atoms with van der Waals surface area (Å²) >= 11 is 0. The van der Waals surface area contributed by atoms with Crippen LogP contribution in [-0.4, -0.2) is 25.0 Å². The Bertz CT molecular complexity index is 483. The maximum absolute atomic E-state index is 12.3. The number of carbonyl (C=O) groups is 1. The van der Waals surface area contributed by atoms with Gasteiger partial charge >= 0.3 is 0 Å². The second kappa shape index (κ2) is 4.39. The molecule has 1 amide bonds. The number of anilines is 1. The van der Waals surface area contributed by atoms with E-state index in [-0.39, 0.29) is 0 Å². The van der Waals surface area contributed by atoms with Gasteiger partial charge in [0, 0.05) is 18.7 Å². The van der Waals surface area contributed by atoms with Gasteiger partial charge in [0.15, 0.2) is 0 Å². The average molecular weight is 244 g/mol. The number of nitrogens with one attached hydrogen (secondary N) is 1. The molecule has 1 aromatic rings. The summed E-state index contributed by atoms with van der Waals surface area (Å²) in [7, 11) is 0. The maximum atomic E-state index is 12.3. The number of aryl methyl sites for hydroxylation is 2. The van der Waals surface area contributed by atoms with Crippen LogP contribution >= 0.6 is 0 Å². The van der Waals surface area contributed by atoms with Gasteiger partial charge in [-0.1, -0.05) is 17.7 Å². The van der Waals surface area contributed by atoms with Crippen molar-refractivity contribution in [2.75, 3.05) is 18.0 Å². The van der Waals surface area contributed by atoms with Crippen molar-refractivity contribution in [3.8, 4) is 0 Å². The third-order valence-electron chi connectivity index (χ3n) is 4.24. The molecule has 2 unspecified atom stereocenters. The molecule has 2 aliphatic rings. The van der Waals surface area contributed by atoms with Crippen LogP contribution in [0.5, 0.6) is 0 Å². The van der Waals surface area contributed by atoms with Gasteiger partial charge in [-0.3, -0.25) is 4.79 Å². The van der Waals surface area contributed by atoms with Crippen molar-refractivity contribution < 1.29 is 4.79 Å². The first kappa shape index (κ1) is 11.7. The molecule has 3 nitrogen and oxygen atoms in total. The molecule has 0 radical (unpaired) electrons. The molecule has 2 saturated heterocycles. The maximum Gasteiger partial charge on any atom is 0.227 e. The summed E-state index contributed by atoms with van der Waals surface area (Å²) < 4.78 is 0. The Morgan fingerprint density at radius 1 is 1.33 bits per heavy atom. The topological polar surface area (TPSA) is 32.3 Å². The largest absolute Gasteiger partial charge is 0.315 e. The zero-order valence-corrected chi connectivity index (χ0v) is 11.1. The van der Waals surface area contributed by atoms with E-state index >= 15 is 0 Å². The zero-order chi connectivity index (χ0) is 12.7. The van der Waals surface area contributed by atoms with Crippen LogP contribution in [0.15, 0.2) is 18.2 Å². The fourth-order valence-electron chi connectivity index (χ4n) is 3.33. The highest BCUT2D eigenvalue weighted by molar-refractivity contribution is 5.97. The quantitative estimate of drug-likeness (QED) is 0.819. The van der Waals surface area contributed by atoms with Gasteiger partial charge < -0.3 is 10.2 Å². The first-order chi connectivity index (χ1) is 8.66. The first-order valence-electron chi connectivity index (χ1n) is 6.77. The number of fused-ring (bicyclic) bond motifs is 1. The number of rotatable bonds is 1. The molecule has 0 aliphatic carbocycles. The van der Waals surface area contributed by atoms with Crippen LogP contribution in [0.25, 0.3) is 0 Å². The molecule has 1 N–H and O–H groups in total. The second-order valence-electron chi connectivity index (χ2n) is 5.58. The molecule has 2 atom stereocenters. The van der Waals surface area contributed by atoms with Crippen LogP contribution in [-0.2, 0) is 4.79 Å². The highest BCUT2D eigenvalue weighted by Gasteiger charge is 2.41. The first-order valence-corrected chi connectivity index (χ1v) is 6.77. The van der Waals surface area contributed by atoms with Crippen molar-refractivity contribution in [2.24, 2.45) is 5.92 Å². The van der Waals surface area contributed by atoms with Crippen molar-refractivity contribution >= 4 is 11.6 Å². The number of carbonyl (C=O) groups excluding carboxylic acids is 1. The molecule has 2 heterocycles. The van der Waals surface area contributed by atoms with E-state index in [1.165, 1.54) is 11.1 Å². The molecule has 3 heteroatoms. The van der Waals surface area contributed by atoms with Crippen LogP contribution in [0.2, 0.25) is 0 Å². The summed E-state index contributed by atoms with van der Waals surface area (Å²) in [6, 6.07) is 6.71. The van der Waals surface area contributed by atoms with Crippen molar-refractivity contribution in [3.05, 3.63) is 29.3 Å². The van der Waals surface area contributed by atoms with E-state index in [0.29, 0.717) is 17.9 Å². The van der Waals surface area contributed by atoms with E-state index < -0.39 is 0 Å². The van der Waals surface area contributed by atoms with Crippen LogP contribution in [0.4, 0.5) is 5.69 Å².